The number of hydrogen-bond donors (Lipinski definition) is 3. The highest BCUT2D eigenvalue weighted by Gasteiger charge is 2.31. The van der Waals surface area contributed by atoms with Gasteiger partial charge in [-0.15, -0.1) is 0 Å². The van der Waals surface area contributed by atoms with E-state index >= 15 is 0 Å². The zero-order valence-corrected chi connectivity index (χ0v) is 21.0. The molecule has 0 bridgehead atoms. The first-order chi connectivity index (χ1) is 18.2. The van der Waals surface area contributed by atoms with Crippen LogP contribution < -0.4 is 27.4 Å². The number of pyridine rings is 1. The maximum atomic E-state index is 14.7. The number of halogens is 2. The van der Waals surface area contributed by atoms with Crippen molar-refractivity contribution in [3.8, 4) is 11.9 Å². The first-order valence-corrected chi connectivity index (χ1v) is 12.1. The summed E-state index contributed by atoms with van der Waals surface area (Å²) in [5, 5.41) is 24.0. The summed E-state index contributed by atoms with van der Waals surface area (Å²) in [5.74, 6) is -1.36. The lowest BCUT2D eigenvalue weighted by molar-refractivity contribution is -0.118. The molecule has 2 aromatic carbocycles. The van der Waals surface area contributed by atoms with Crippen molar-refractivity contribution in [2.24, 2.45) is 0 Å². The number of aliphatic hydroxyl groups is 1. The minimum atomic E-state index is -0.860. The molecule has 1 fully saturated rings. The highest BCUT2D eigenvalue weighted by Crippen LogP contribution is 2.34. The Morgan fingerprint density at radius 2 is 1.89 bits per heavy atom. The fourth-order valence-electron chi connectivity index (χ4n) is 4.17. The third kappa shape index (κ3) is 4.40. The Morgan fingerprint density at radius 3 is 2.55 bits per heavy atom. The molecule has 0 spiro atoms. The van der Waals surface area contributed by atoms with Gasteiger partial charge in [-0.2, -0.15) is 9.83 Å². The largest absolute Gasteiger partial charge is 0.387 e. The highest BCUT2D eigenvalue weighted by molar-refractivity contribution is 9.10. The zero-order valence-electron chi connectivity index (χ0n) is 19.4. The van der Waals surface area contributed by atoms with E-state index < -0.39 is 35.1 Å². The van der Waals surface area contributed by atoms with Gasteiger partial charge in [-0.05, 0) is 49.2 Å². The summed E-state index contributed by atoms with van der Waals surface area (Å²) < 4.78 is 17.8. The van der Waals surface area contributed by atoms with E-state index in [2.05, 4.69) is 26.6 Å². The first-order valence-electron chi connectivity index (χ1n) is 11.3. The lowest BCUT2D eigenvalue weighted by Crippen LogP contribution is -2.41. The van der Waals surface area contributed by atoms with Crippen molar-refractivity contribution in [3.63, 3.8) is 0 Å². The molecule has 192 valence electrons. The van der Waals surface area contributed by atoms with Crippen LogP contribution in [0.25, 0.3) is 16.7 Å². The summed E-state index contributed by atoms with van der Waals surface area (Å²) in [6.45, 7) is -0.769. The number of nitriles is 1. The molecule has 5 rings (SSSR count). The number of anilines is 3. The average molecular weight is 581 g/mol. The smallest absolute Gasteiger partial charge is 0.337 e. The fraction of sp³-hybridized carbons (Fsp3) is 0.160. The van der Waals surface area contributed by atoms with Crippen molar-refractivity contribution < 1.29 is 14.3 Å². The van der Waals surface area contributed by atoms with Gasteiger partial charge in [0.1, 0.15) is 17.8 Å². The number of carbonyl (C=O) groups is 1. The standard InChI is InChI=1S/C25H18BrFN6O5/c26-13-4-7-18(17(27)8-13)30-19-10-21(36)31(12-28)23-22(19)24(37)33(15-5-6-15)25(38)32(23)16-3-1-2-14(9-16)29-20(35)11-34/h1-4,7-10,15,30,34H,5-6,11H2,(H,29,35). The molecule has 2 aromatic heterocycles. The quantitative estimate of drug-likeness (QED) is 0.317. The van der Waals surface area contributed by atoms with E-state index in [0.717, 1.165) is 15.2 Å². The second-order valence-electron chi connectivity index (χ2n) is 8.56. The zero-order chi connectivity index (χ0) is 27.1. The van der Waals surface area contributed by atoms with Crippen LogP contribution in [0.15, 0.2) is 67.4 Å². The van der Waals surface area contributed by atoms with Gasteiger partial charge in [0.15, 0.2) is 11.8 Å². The molecule has 1 aliphatic carbocycles. The molecular weight excluding hydrogens is 563 g/mol. The minimum Gasteiger partial charge on any atom is -0.387 e. The summed E-state index contributed by atoms with van der Waals surface area (Å²) in [5.41, 5.74) is -2.46. The number of nitrogens with zero attached hydrogens (tertiary/aromatic N) is 4. The topological polar surface area (TPSA) is 151 Å². The van der Waals surface area contributed by atoms with E-state index in [4.69, 9.17) is 5.11 Å². The van der Waals surface area contributed by atoms with Crippen LogP contribution in [-0.2, 0) is 4.79 Å². The number of nitrogens with one attached hydrogen (secondary N) is 2. The van der Waals surface area contributed by atoms with Crippen molar-refractivity contribution in [1.29, 1.82) is 5.26 Å². The van der Waals surface area contributed by atoms with E-state index in [1.807, 2.05) is 0 Å². The number of fused-ring (bicyclic) bond motifs is 1. The summed E-state index contributed by atoms with van der Waals surface area (Å²) in [4.78, 5) is 52.1. The number of aromatic nitrogens is 3. The number of aliphatic hydroxyl groups excluding tert-OH is 1. The maximum Gasteiger partial charge on any atom is 0.337 e. The van der Waals surface area contributed by atoms with Gasteiger partial charge in [-0.25, -0.2) is 13.8 Å². The summed E-state index contributed by atoms with van der Waals surface area (Å²) in [6, 6.07) is 10.7. The molecule has 0 radical (unpaired) electrons. The predicted octanol–water partition coefficient (Wildman–Crippen LogP) is 2.55. The predicted molar refractivity (Wildman–Crippen MR) is 140 cm³/mol. The van der Waals surface area contributed by atoms with Gasteiger partial charge in [0.05, 0.1) is 17.1 Å². The van der Waals surface area contributed by atoms with Crippen molar-refractivity contribution in [1.82, 2.24) is 13.7 Å². The van der Waals surface area contributed by atoms with E-state index in [0.29, 0.717) is 21.9 Å². The lowest BCUT2D eigenvalue weighted by Gasteiger charge is -2.18. The van der Waals surface area contributed by atoms with Gasteiger partial charge in [0.25, 0.3) is 11.1 Å². The Kier molecular flexibility index (Phi) is 6.43. The van der Waals surface area contributed by atoms with E-state index in [9.17, 15) is 28.8 Å². The Balaban J connectivity index is 1.87. The molecule has 3 N–H and O–H groups in total. The van der Waals surface area contributed by atoms with Crippen molar-refractivity contribution in [2.75, 3.05) is 17.2 Å². The Bertz CT molecular complexity index is 1850. The van der Waals surface area contributed by atoms with E-state index in [1.165, 1.54) is 36.4 Å². The first kappa shape index (κ1) is 25.1. The van der Waals surface area contributed by atoms with Crippen LogP contribution in [0.4, 0.5) is 21.5 Å². The fourth-order valence-corrected chi connectivity index (χ4v) is 4.50. The highest BCUT2D eigenvalue weighted by atomic mass is 79.9. The Hall–Kier alpha value is -4.54. The van der Waals surface area contributed by atoms with Gasteiger partial charge in [0.2, 0.25) is 5.91 Å². The van der Waals surface area contributed by atoms with Gasteiger partial charge >= 0.3 is 5.69 Å². The van der Waals surface area contributed by atoms with Crippen LogP contribution in [0, 0.1) is 17.3 Å². The molecule has 4 aromatic rings. The van der Waals surface area contributed by atoms with Gasteiger partial charge in [-0.1, -0.05) is 22.0 Å². The molecule has 1 saturated carbocycles. The number of rotatable bonds is 6. The summed E-state index contributed by atoms with van der Waals surface area (Å²) >= 11 is 3.18. The second-order valence-corrected chi connectivity index (χ2v) is 9.48. The minimum absolute atomic E-state index is 0.0348. The van der Waals surface area contributed by atoms with Crippen LogP contribution in [-0.4, -0.2) is 31.3 Å². The summed E-state index contributed by atoms with van der Waals surface area (Å²) in [6.07, 6.45) is 2.88. The number of hydrogen-bond acceptors (Lipinski definition) is 7. The van der Waals surface area contributed by atoms with Crippen LogP contribution in [0.2, 0.25) is 0 Å². The molecule has 0 saturated heterocycles. The lowest BCUT2D eigenvalue weighted by atomic mass is 10.2. The molecule has 2 heterocycles. The Labute approximate surface area is 221 Å². The third-order valence-electron chi connectivity index (χ3n) is 5.98. The molecule has 0 unspecified atom stereocenters. The summed E-state index contributed by atoms with van der Waals surface area (Å²) in [7, 11) is 0. The van der Waals surface area contributed by atoms with Crippen molar-refractivity contribution in [3.05, 3.63) is 90.0 Å². The van der Waals surface area contributed by atoms with Crippen LogP contribution in [0.5, 0.6) is 0 Å². The van der Waals surface area contributed by atoms with Crippen LogP contribution in [0.1, 0.15) is 18.9 Å². The number of amides is 1. The number of benzene rings is 2. The molecule has 0 aliphatic heterocycles. The van der Waals surface area contributed by atoms with Gasteiger partial charge < -0.3 is 15.7 Å². The SMILES string of the molecule is N#Cn1c(=O)cc(Nc2ccc(Br)cc2F)c2c(=O)n(C3CC3)c(=O)n(-c3cccc(NC(=O)CO)c3)c21. The molecule has 38 heavy (non-hydrogen) atoms. The van der Waals surface area contributed by atoms with Gasteiger partial charge in [0, 0.05) is 22.3 Å². The average Bonchev–Trinajstić information content (AvgIpc) is 3.71. The van der Waals surface area contributed by atoms with Gasteiger partial charge in [-0.3, -0.25) is 19.0 Å². The van der Waals surface area contributed by atoms with Crippen LogP contribution in [0.3, 0.4) is 0 Å². The molecule has 11 nitrogen and oxygen atoms in total. The molecule has 1 amide bonds. The van der Waals surface area contributed by atoms with Crippen LogP contribution >= 0.6 is 15.9 Å². The number of carbonyl (C=O) groups excluding carboxylic acids is 1. The molecule has 0 atom stereocenters. The van der Waals surface area contributed by atoms with Crippen molar-refractivity contribution >= 4 is 49.9 Å². The molecular formula is C25H18BrFN6O5. The van der Waals surface area contributed by atoms with E-state index in [-0.39, 0.29) is 39.8 Å². The maximum absolute atomic E-state index is 14.7. The molecule has 1 aliphatic rings. The van der Waals surface area contributed by atoms with E-state index in [1.54, 1.807) is 12.3 Å². The monoisotopic (exact) mass is 580 g/mol. The third-order valence-corrected chi connectivity index (χ3v) is 6.47. The molecule has 13 heteroatoms. The Morgan fingerprint density at radius 1 is 1.13 bits per heavy atom. The second kappa shape index (κ2) is 9.73. The van der Waals surface area contributed by atoms with Crippen molar-refractivity contribution in [2.45, 2.75) is 18.9 Å². The normalized spacial score (nSPS) is 12.8.